The van der Waals surface area contributed by atoms with E-state index in [2.05, 4.69) is 36.4 Å². The van der Waals surface area contributed by atoms with Crippen molar-refractivity contribution in [3.63, 3.8) is 0 Å². The molecule has 0 amide bonds. The van der Waals surface area contributed by atoms with Gasteiger partial charge < -0.3 is 4.90 Å². The second-order valence-electron chi connectivity index (χ2n) is 3.60. The Morgan fingerprint density at radius 2 is 2.36 bits per heavy atom. The molecule has 0 radical (unpaired) electrons. The average molecular weight is 260 g/mol. The van der Waals surface area contributed by atoms with Crippen LogP contribution >= 0.6 is 15.9 Å². The van der Waals surface area contributed by atoms with Crippen LogP contribution in [-0.4, -0.2) is 38.1 Å². The Kier molecular flexibility index (Phi) is 3.00. The molecule has 1 saturated heterocycles. The van der Waals surface area contributed by atoms with Crippen LogP contribution in [0.3, 0.4) is 0 Å². The van der Waals surface area contributed by atoms with E-state index in [0.717, 1.165) is 17.8 Å². The third-order valence-corrected chi connectivity index (χ3v) is 3.41. The monoisotopic (exact) mass is 259 g/mol. The Morgan fingerprint density at radius 1 is 1.50 bits per heavy atom. The lowest BCUT2D eigenvalue weighted by Gasteiger charge is -2.34. The first-order valence-electron chi connectivity index (χ1n) is 4.88. The fraction of sp³-hybridized carbons (Fsp3) is 0.875. The molecule has 1 fully saturated rings. The lowest BCUT2D eigenvalue weighted by Crippen LogP contribution is -2.42. The lowest BCUT2D eigenvalue weighted by molar-refractivity contribution is 0.476. The summed E-state index contributed by atoms with van der Waals surface area (Å²) in [5.41, 5.74) is 0. The van der Waals surface area contributed by atoms with Gasteiger partial charge in [-0.25, -0.2) is 4.68 Å². The highest BCUT2D eigenvalue weighted by Gasteiger charge is 2.24. The minimum Gasteiger partial charge on any atom is -0.336 e. The van der Waals surface area contributed by atoms with Gasteiger partial charge in [0, 0.05) is 25.0 Å². The number of piperidine rings is 1. The molecule has 2 rings (SSSR count). The van der Waals surface area contributed by atoms with E-state index >= 15 is 0 Å². The highest BCUT2D eigenvalue weighted by Crippen LogP contribution is 2.22. The van der Waals surface area contributed by atoms with E-state index in [9.17, 15) is 0 Å². The predicted molar refractivity (Wildman–Crippen MR) is 57.6 cm³/mol. The molecule has 1 aromatic heterocycles. The minimum atomic E-state index is 0.536. The SMILES string of the molecule is Cn1nnnc1N1CCCCC1CBr. The first kappa shape index (κ1) is 9.89. The molecule has 0 spiro atoms. The van der Waals surface area contributed by atoms with Crippen molar-refractivity contribution in [2.24, 2.45) is 7.05 Å². The van der Waals surface area contributed by atoms with Crippen molar-refractivity contribution in [2.75, 3.05) is 16.8 Å². The van der Waals surface area contributed by atoms with Crippen LogP contribution in [0.1, 0.15) is 19.3 Å². The summed E-state index contributed by atoms with van der Waals surface area (Å²) in [7, 11) is 1.88. The third-order valence-electron chi connectivity index (χ3n) is 2.66. The van der Waals surface area contributed by atoms with Crippen LogP contribution < -0.4 is 4.90 Å². The third kappa shape index (κ3) is 1.75. The molecule has 0 saturated carbocycles. The number of anilines is 1. The predicted octanol–water partition coefficient (Wildman–Crippen LogP) is 0.964. The zero-order chi connectivity index (χ0) is 9.97. The summed E-state index contributed by atoms with van der Waals surface area (Å²) in [6, 6.07) is 0.536. The topological polar surface area (TPSA) is 46.8 Å². The molecule has 1 aliphatic heterocycles. The van der Waals surface area contributed by atoms with Gasteiger partial charge in [0.1, 0.15) is 0 Å². The highest BCUT2D eigenvalue weighted by atomic mass is 79.9. The molecule has 5 nitrogen and oxygen atoms in total. The van der Waals surface area contributed by atoms with Crippen LogP contribution in [0.5, 0.6) is 0 Å². The first-order valence-corrected chi connectivity index (χ1v) is 6.00. The second kappa shape index (κ2) is 4.25. The standard InChI is InChI=1S/C8H14BrN5/c1-13-8(10-11-12-13)14-5-3-2-4-7(14)6-9/h7H,2-6H2,1H3. The summed E-state index contributed by atoms with van der Waals surface area (Å²) < 4.78 is 1.74. The smallest absolute Gasteiger partial charge is 0.245 e. The second-order valence-corrected chi connectivity index (χ2v) is 4.25. The molecule has 1 aromatic rings. The number of hydrogen-bond acceptors (Lipinski definition) is 4. The van der Waals surface area contributed by atoms with Crippen molar-refractivity contribution in [1.29, 1.82) is 0 Å². The number of halogens is 1. The van der Waals surface area contributed by atoms with E-state index < -0.39 is 0 Å². The Hall–Kier alpha value is -0.650. The molecule has 6 heteroatoms. The largest absolute Gasteiger partial charge is 0.336 e. The van der Waals surface area contributed by atoms with Crippen molar-refractivity contribution in [3.05, 3.63) is 0 Å². The van der Waals surface area contributed by atoms with Gasteiger partial charge in [0.15, 0.2) is 0 Å². The van der Waals surface area contributed by atoms with Gasteiger partial charge in [-0.1, -0.05) is 21.0 Å². The number of tetrazole rings is 1. The van der Waals surface area contributed by atoms with Crippen molar-refractivity contribution in [1.82, 2.24) is 20.2 Å². The fourth-order valence-electron chi connectivity index (χ4n) is 1.89. The summed E-state index contributed by atoms with van der Waals surface area (Å²) in [6.45, 7) is 1.06. The Bertz CT molecular complexity index is 300. The zero-order valence-corrected chi connectivity index (χ0v) is 9.81. The Morgan fingerprint density at radius 3 is 3.00 bits per heavy atom. The van der Waals surface area contributed by atoms with E-state index in [1.807, 2.05) is 7.05 Å². The van der Waals surface area contributed by atoms with Crippen molar-refractivity contribution >= 4 is 21.9 Å². The summed E-state index contributed by atoms with van der Waals surface area (Å²) in [5, 5.41) is 12.6. The molecule has 1 aliphatic rings. The maximum atomic E-state index is 4.04. The van der Waals surface area contributed by atoms with Gasteiger partial charge in [-0.3, -0.25) is 0 Å². The number of aryl methyl sites for hydroxylation is 1. The molecule has 0 N–H and O–H groups in total. The van der Waals surface area contributed by atoms with E-state index in [1.165, 1.54) is 19.3 Å². The molecule has 1 atom stereocenters. The molecule has 0 aromatic carbocycles. The highest BCUT2D eigenvalue weighted by molar-refractivity contribution is 9.09. The molecule has 1 unspecified atom stereocenters. The van der Waals surface area contributed by atoms with E-state index in [-0.39, 0.29) is 0 Å². The normalized spacial score (nSPS) is 22.7. The van der Waals surface area contributed by atoms with Crippen molar-refractivity contribution in [2.45, 2.75) is 25.3 Å². The summed E-state index contributed by atoms with van der Waals surface area (Å²) in [5.74, 6) is 0.883. The van der Waals surface area contributed by atoms with Gasteiger partial charge in [-0.05, 0) is 29.7 Å². The Labute approximate surface area is 91.6 Å². The lowest BCUT2D eigenvalue weighted by atomic mass is 10.0. The van der Waals surface area contributed by atoms with Gasteiger partial charge in [0.2, 0.25) is 5.95 Å². The summed E-state index contributed by atoms with van der Waals surface area (Å²) >= 11 is 3.54. The first-order chi connectivity index (χ1) is 6.83. The minimum absolute atomic E-state index is 0.536. The van der Waals surface area contributed by atoms with Gasteiger partial charge in [0.25, 0.3) is 0 Å². The van der Waals surface area contributed by atoms with E-state index in [0.29, 0.717) is 6.04 Å². The van der Waals surface area contributed by atoms with Gasteiger partial charge in [0.05, 0.1) is 0 Å². The molecular formula is C8H14BrN5. The quantitative estimate of drug-likeness (QED) is 0.743. The zero-order valence-electron chi connectivity index (χ0n) is 8.23. The van der Waals surface area contributed by atoms with Crippen LogP contribution in [0.15, 0.2) is 0 Å². The van der Waals surface area contributed by atoms with Crippen molar-refractivity contribution in [3.8, 4) is 0 Å². The maximum Gasteiger partial charge on any atom is 0.245 e. The molecular weight excluding hydrogens is 246 g/mol. The van der Waals surface area contributed by atoms with Crippen LogP contribution in [0.4, 0.5) is 5.95 Å². The Balaban J connectivity index is 2.19. The van der Waals surface area contributed by atoms with Crippen molar-refractivity contribution < 1.29 is 0 Å². The average Bonchev–Trinajstić information content (AvgIpc) is 2.64. The van der Waals surface area contributed by atoms with E-state index in [1.54, 1.807) is 4.68 Å². The van der Waals surface area contributed by atoms with Crippen LogP contribution in [0.2, 0.25) is 0 Å². The van der Waals surface area contributed by atoms with Crippen LogP contribution in [-0.2, 0) is 7.05 Å². The number of nitrogens with zero attached hydrogens (tertiary/aromatic N) is 5. The number of hydrogen-bond donors (Lipinski definition) is 0. The van der Waals surface area contributed by atoms with Gasteiger partial charge in [-0.15, -0.1) is 0 Å². The number of rotatable bonds is 2. The molecule has 2 heterocycles. The number of aromatic nitrogens is 4. The molecule has 78 valence electrons. The van der Waals surface area contributed by atoms with Crippen LogP contribution in [0.25, 0.3) is 0 Å². The van der Waals surface area contributed by atoms with Crippen LogP contribution in [0, 0.1) is 0 Å². The summed E-state index contributed by atoms with van der Waals surface area (Å²) in [6.07, 6.45) is 3.76. The fourth-order valence-corrected chi connectivity index (χ4v) is 2.57. The molecule has 0 aliphatic carbocycles. The molecule has 0 bridgehead atoms. The van der Waals surface area contributed by atoms with Gasteiger partial charge in [-0.2, -0.15) is 0 Å². The van der Waals surface area contributed by atoms with Gasteiger partial charge >= 0.3 is 0 Å². The van der Waals surface area contributed by atoms with E-state index in [4.69, 9.17) is 0 Å². The number of alkyl halides is 1. The summed E-state index contributed by atoms with van der Waals surface area (Å²) in [4.78, 5) is 2.29. The molecule has 14 heavy (non-hydrogen) atoms. The maximum absolute atomic E-state index is 4.04.